The Labute approximate surface area is 184 Å². The highest BCUT2D eigenvalue weighted by atomic mass is 16.7. The van der Waals surface area contributed by atoms with Crippen molar-refractivity contribution in [1.29, 1.82) is 0 Å². The Bertz CT molecular complexity index is 628. The van der Waals surface area contributed by atoms with E-state index in [0.29, 0.717) is 29.6 Å². The van der Waals surface area contributed by atoms with Gasteiger partial charge in [0.1, 0.15) is 0 Å². The van der Waals surface area contributed by atoms with Gasteiger partial charge in [0.15, 0.2) is 6.29 Å². The highest BCUT2D eigenvalue weighted by Gasteiger charge is 2.37. The van der Waals surface area contributed by atoms with Gasteiger partial charge in [0, 0.05) is 19.4 Å². The van der Waals surface area contributed by atoms with E-state index in [0.717, 1.165) is 12.8 Å². The van der Waals surface area contributed by atoms with Crippen molar-refractivity contribution in [3.05, 3.63) is 48.0 Å². The average Bonchev–Trinajstić information content (AvgIpc) is 3.15. The van der Waals surface area contributed by atoms with Crippen molar-refractivity contribution >= 4 is 0 Å². The Kier molecular flexibility index (Phi) is 10.1. The van der Waals surface area contributed by atoms with Crippen molar-refractivity contribution in [2.24, 2.45) is 35.5 Å². The molecule has 1 heterocycles. The van der Waals surface area contributed by atoms with E-state index in [2.05, 4.69) is 78.0 Å². The summed E-state index contributed by atoms with van der Waals surface area (Å²) in [4.78, 5) is 0. The zero-order valence-electron chi connectivity index (χ0n) is 20.1. The minimum absolute atomic E-state index is 0.0410. The number of ether oxygens (including phenoxy) is 2. The van der Waals surface area contributed by atoms with Gasteiger partial charge in [-0.2, -0.15) is 0 Å². The van der Waals surface area contributed by atoms with E-state index >= 15 is 0 Å². The maximum absolute atomic E-state index is 10.7. The molecular weight excluding hydrogens is 372 g/mol. The number of aryl methyl sites for hydroxylation is 1. The third kappa shape index (κ3) is 6.93. The Morgan fingerprint density at radius 1 is 1.07 bits per heavy atom. The van der Waals surface area contributed by atoms with Crippen LogP contribution in [-0.4, -0.2) is 30.7 Å². The van der Waals surface area contributed by atoms with E-state index in [1.165, 1.54) is 12.0 Å². The van der Waals surface area contributed by atoms with Crippen LogP contribution in [0.1, 0.15) is 59.9 Å². The second-order valence-electron chi connectivity index (χ2n) is 9.79. The largest absolute Gasteiger partial charge is 0.389 e. The van der Waals surface area contributed by atoms with Crippen LogP contribution in [0.2, 0.25) is 0 Å². The first-order valence-electron chi connectivity index (χ1n) is 11.8. The van der Waals surface area contributed by atoms with Crippen molar-refractivity contribution in [2.75, 3.05) is 7.11 Å². The molecule has 2 rings (SSSR count). The molecule has 1 N–H and O–H groups in total. The predicted molar refractivity (Wildman–Crippen MR) is 125 cm³/mol. The molecule has 0 saturated carbocycles. The number of hydrogen-bond donors (Lipinski definition) is 1. The van der Waals surface area contributed by atoms with Crippen molar-refractivity contribution in [2.45, 2.75) is 79.3 Å². The molecule has 9 atom stereocenters. The lowest BCUT2D eigenvalue weighted by Gasteiger charge is -2.30. The van der Waals surface area contributed by atoms with Gasteiger partial charge in [-0.15, -0.1) is 0 Å². The van der Waals surface area contributed by atoms with E-state index in [-0.39, 0.29) is 18.3 Å². The fourth-order valence-corrected chi connectivity index (χ4v) is 4.73. The lowest BCUT2D eigenvalue weighted by Crippen LogP contribution is -2.32. The first kappa shape index (κ1) is 25.1. The van der Waals surface area contributed by atoms with Gasteiger partial charge >= 0.3 is 0 Å². The summed E-state index contributed by atoms with van der Waals surface area (Å²) < 4.78 is 11.3. The number of hydrogen-bond acceptors (Lipinski definition) is 3. The standard InChI is InChI=1S/C27H44O3/c1-18(13-15-24-11-9-8-10-12-24)21(4)22(5)19(2)14-16-25(28)23(6)27-20(3)17-26(29-7)30-27/h8-12,14,16,18-23,25-28H,13,15,17H2,1-7H3/b16-14+/t18-,19-,20+,21+,22?,23-,25+,26-,27+/m0/s1. The van der Waals surface area contributed by atoms with Crippen LogP contribution in [0.15, 0.2) is 42.5 Å². The molecule has 1 unspecified atom stereocenters. The number of allylic oxidation sites excluding steroid dienone is 1. The molecule has 30 heavy (non-hydrogen) atoms. The Balaban J connectivity index is 1.84. The summed E-state index contributed by atoms with van der Waals surface area (Å²) in [5, 5.41) is 10.7. The number of rotatable bonds is 11. The molecule has 1 fully saturated rings. The van der Waals surface area contributed by atoms with Gasteiger partial charge in [-0.1, -0.05) is 84.0 Å². The van der Waals surface area contributed by atoms with Crippen LogP contribution in [0, 0.1) is 35.5 Å². The summed E-state index contributed by atoms with van der Waals surface area (Å²) in [6.07, 6.45) is 6.86. The van der Waals surface area contributed by atoms with Crippen LogP contribution in [-0.2, 0) is 15.9 Å². The molecule has 3 heteroatoms. The first-order valence-corrected chi connectivity index (χ1v) is 11.8. The lowest BCUT2D eigenvalue weighted by atomic mass is 9.76. The van der Waals surface area contributed by atoms with Crippen LogP contribution in [0.4, 0.5) is 0 Å². The molecule has 3 nitrogen and oxygen atoms in total. The Hall–Kier alpha value is -1.16. The highest BCUT2D eigenvalue weighted by Crippen LogP contribution is 2.34. The molecule has 0 bridgehead atoms. The van der Waals surface area contributed by atoms with Crippen molar-refractivity contribution < 1.29 is 14.6 Å². The maximum atomic E-state index is 10.7. The molecule has 1 aliphatic rings. The van der Waals surface area contributed by atoms with Gasteiger partial charge in [-0.25, -0.2) is 0 Å². The van der Waals surface area contributed by atoms with Gasteiger partial charge in [0.2, 0.25) is 0 Å². The molecule has 0 spiro atoms. The molecule has 1 aliphatic heterocycles. The SMILES string of the molecule is CO[C@@H]1C[C@@H](C)[C@H]([C@@H](C)[C@H](O)/C=C/[C@H](C)C(C)[C@H](C)[C@@H](C)CCc2ccccc2)O1. The van der Waals surface area contributed by atoms with Gasteiger partial charge in [-0.05, 0) is 48.0 Å². The van der Waals surface area contributed by atoms with Crippen molar-refractivity contribution in [3.63, 3.8) is 0 Å². The van der Waals surface area contributed by atoms with E-state index in [1.54, 1.807) is 7.11 Å². The highest BCUT2D eigenvalue weighted by molar-refractivity contribution is 5.14. The smallest absolute Gasteiger partial charge is 0.157 e. The molecule has 0 radical (unpaired) electrons. The molecule has 170 valence electrons. The zero-order chi connectivity index (χ0) is 22.3. The fraction of sp³-hybridized carbons (Fsp3) is 0.704. The quantitative estimate of drug-likeness (QED) is 0.442. The molecule has 0 amide bonds. The zero-order valence-corrected chi connectivity index (χ0v) is 20.1. The molecule has 0 aliphatic carbocycles. The summed E-state index contributed by atoms with van der Waals surface area (Å²) >= 11 is 0. The average molecular weight is 417 g/mol. The first-order chi connectivity index (χ1) is 14.2. The summed E-state index contributed by atoms with van der Waals surface area (Å²) in [5.74, 6) is 2.74. The second kappa shape index (κ2) is 12.0. The minimum atomic E-state index is -0.492. The molecule has 0 aromatic heterocycles. The van der Waals surface area contributed by atoms with Gasteiger partial charge < -0.3 is 14.6 Å². The van der Waals surface area contributed by atoms with E-state index < -0.39 is 6.10 Å². The summed E-state index contributed by atoms with van der Waals surface area (Å²) in [7, 11) is 1.69. The van der Waals surface area contributed by atoms with Crippen LogP contribution in [0.25, 0.3) is 0 Å². The fourth-order valence-electron chi connectivity index (χ4n) is 4.73. The van der Waals surface area contributed by atoms with Crippen LogP contribution < -0.4 is 0 Å². The van der Waals surface area contributed by atoms with Gasteiger partial charge in [0.25, 0.3) is 0 Å². The summed E-state index contributed by atoms with van der Waals surface area (Å²) in [5.41, 5.74) is 1.42. The topological polar surface area (TPSA) is 38.7 Å². The number of benzene rings is 1. The second-order valence-corrected chi connectivity index (χ2v) is 9.79. The normalized spacial score (nSPS) is 28.2. The third-order valence-electron chi connectivity index (χ3n) is 7.65. The number of aliphatic hydroxyl groups excluding tert-OH is 1. The van der Waals surface area contributed by atoms with E-state index in [1.807, 2.05) is 6.08 Å². The minimum Gasteiger partial charge on any atom is -0.389 e. The molecule has 1 aromatic rings. The van der Waals surface area contributed by atoms with E-state index in [4.69, 9.17) is 9.47 Å². The third-order valence-corrected chi connectivity index (χ3v) is 7.65. The van der Waals surface area contributed by atoms with Crippen LogP contribution in [0.3, 0.4) is 0 Å². The van der Waals surface area contributed by atoms with Crippen molar-refractivity contribution in [3.8, 4) is 0 Å². The number of methoxy groups -OCH3 is 1. The van der Waals surface area contributed by atoms with Gasteiger partial charge in [0.05, 0.1) is 12.2 Å². The Morgan fingerprint density at radius 3 is 2.33 bits per heavy atom. The van der Waals surface area contributed by atoms with E-state index in [9.17, 15) is 5.11 Å². The predicted octanol–water partition coefficient (Wildman–Crippen LogP) is 6.11. The monoisotopic (exact) mass is 416 g/mol. The van der Waals surface area contributed by atoms with Crippen molar-refractivity contribution in [1.82, 2.24) is 0 Å². The maximum Gasteiger partial charge on any atom is 0.157 e. The lowest BCUT2D eigenvalue weighted by molar-refractivity contribution is -0.134. The van der Waals surface area contributed by atoms with Crippen LogP contribution in [0.5, 0.6) is 0 Å². The molecule has 1 aromatic carbocycles. The van der Waals surface area contributed by atoms with Gasteiger partial charge in [-0.3, -0.25) is 0 Å². The van der Waals surface area contributed by atoms with Crippen LogP contribution >= 0.6 is 0 Å². The Morgan fingerprint density at radius 2 is 1.73 bits per heavy atom. The molecular formula is C27H44O3. The number of aliphatic hydroxyl groups is 1. The molecule has 1 saturated heterocycles. The summed E-state index contributed by atoms with van der Waals surface area (Å²) in [6.45, 7) is 13.6. The summed E-state index contributed by atoms with van der Waals surface area (Å²) in [6, 6.07) is 10.8.